The van der Waals surface area contributed by atoms with E-state index >= 15 is 0 Å². The summed E-state index contributed by atoms with van der Waals surface area (Å²) in [6.45, 7) is 6.93. The zero-order valence-electron chi connectivity index (χ0n) is 12.5. The van der Waals surface area contributed by atoms with Gasteiger partial charge in [0, 0.05) is 11.6 Å². The molecule has 0 fully saturated rings. The van der Waals surface area contributed by atoms with E-state index in [-0.39, 0.29) is 11.2 Å². The van der Waals surface area contributed by atoms with Crippen LogP contribution in [0.2, 0.25) is 0 Å². The highest BCUT2D eigenvalue weighted by Gasteiger charge is 2.23. The van der Waals surface area contributed by atoms with Crippen LogP contribution < -0.4 is 0 Å². The summed E-state index contributed by atoms with van der Waals surface area (Å²) in [5.74, 6) is 0.739. The molecule has 0 aliphatic carbocycles. The van der Waals surface area contributed by atoms with Crippen LogP contribution in [0.4, 0.5) is 4.39 Å². The topological polar surface area (TPSA) is 30.7 Å². The monoisotopic (exact) mass is 283 g/mol. The van der Waals surface area contributed by atoms with Crippen molar-refractivity contribution < 1.29 is 4.39 Å². The van der Waals surface area contributed by atoms with Gasteiger partial charge in [0.1, 0.15) is 17.2 Å². The van der Waals surface area contributed by atoms with Crippen molar-refractivity contribution in [2.45, 2.75) is 32.7 Å². The number of aromatic nitrogens is 3. The van der Waals surface area contributed by atoms with Gasteiger partial charge in [-0.15, -0.1) is 0 Å². The third kappa shape index (κ3) is 2.66. The summed E-state index contributed by atoms with van der Waals surface area (Å²) in [7, 11) is 0. The van der Waals surface area contributed by atoms with Gasteiger partial charge < -0.3 is 4.57 Å². The SMILES string of the molecule is CC(C)(C)c1nc2cccnc2n1Cc1cccc(F)c1. The molecule has 0 saturated heterocycles. The van der Waals surface area contributed by atoms with Gasteiger partial charge in [0.25, 0.3) is 0 Å². The molecule has 3 nitrogen and oxygen atoms in total. The molecule has 3 rings (SSSR count). The minimum atomic E-state index is -0.220. The summed E-state index contributed by atoms with van der Waals surface area (Å²) in [5.41, 5.74) is 2.52. The van der Waals surface area contributed by atoms with E-state index < -0.39 is 0 Å². The van der Waals surface area contributed by atoms with Crippen molar-refractivity contribution in [2.75, 3.05) is 0 Å². The van der Waals surface area contributed by atoms with Gasteiger partial charge >= 0.3 is 0 Å². The van der Waals surface area contributed by atoms with Gasteiger partial charge in [0.2, 0.25) is 0 Å². The molecule has 2 heterocycles. The maximum absolute atomic E-state index is 13.4. The Balaban J connectivity index is 2.15. The molecular weight excluding hydrogens is 265 g/mol. The molecule has 0 radical (unpaired) electrons. The Morgan fingerprint density at radius 2 is 1.95 bits per heavy atom. The molecule has 0 aliphatic heterocycles. The van der Waals surface area contributed by atoms with E-state index in [4.69, 9.17) is 4.98 Å². The number of halogens is 1. The summed E-state index contributed by atoms with van der Waals surface area (Å²) in [4.78, 5) is 9.15. The van der Waals surface area contributed by atoms with Crippen molar-refractivity contribution in [3.8, 4) is 0 Å². The Bertz CT molecular complexity index is 784. The van der Waals surface area contributed by atoms with Crippen LogP contribution in [-0.4, -0.2) is 14.5 Å². The predicted molar refractivity (Wildman–Crippen MR) is 81.7 cm³/mol. The molecule has 0 bridgehead atoms. The summed E-state index contributed by atoms with van der Waals surface area (Å²) >= 11 is 0. The minimum Gasteiger partial charge on any atom is -0.308 e. The van der Waals surface area contributed by atoms with E-state index in [1.807, 2.05) is 18.2 Å². The number of rotatable bonds is 2. The van der Waals surface area contributed by atoms with Gasteiger partial charge in [-0.2, -0.15) is 0 Å². The summed E-state index contributed by atoms with van der Waals surface area (Å²) < 4.78 is 15.5. The number of nitrogens with zero attached hydrogens (tertiary/aromatic N) is 3. The Hall–Kier alpha value is -2.23. The van der Waals surface area contributed by atoms with Crippen molar-refractivity contribution in [2.24, 2.45) is 0 Å². The van der Waals surface area contributed by atoms with Gasteiger partial charge in [0.15, 0.2) is 5.65 Å². The summed E-state index contributed by atoms with van der Waals surface area (Å²) in [6, 6.07) is 10.5. The van der Waals surface area contributed by atoms with Crippen LogP contribution in [0.15, 0.2) is 42.6 Å². The highest BCUT2D eigenvalue weighted by molar-refractivity contribution is 5.71. The first-order valence-electron chi connectivity index (χ1n) is 7.01. The average Bonchev–Trinajstić information content (AvgIpc) is 2.78. The first-order valence-corrected chi connectivity index (χ1v) is 7.01. The molecular formula is C17H18FN3. The largest absolute Gasteiger partial charge is 0.308 e. The fraction of sp³-hybridized carbons (Fsp3) is 0.294. The molecule has 4 heteroatoms. The normalized spacial score (nSPS) is 12.0. The Kier molecular flexibility index (Phi) is 3.24. The second kappa shape index (κ2) is 4.95. The molecule has 0 aliphatic rings. The lowest BCUT2D eigenvalue weighted by Gasteiger charge is -2.20. The first-order chi connectivity index (χ1) is 9.95. The van der Waals surface area contributed by atoms with Gasteiger partial charge in [-0.05, 0) is 29.8 Å². The Labute approximate surface area is 123 Å². The molecule has 0 unspecified atom stereocenters. The highest BCUT2D eigenvalue weighted by atomic mass is 19.1. The lowest BCUT2D eigenvalue weighted by molar-refractivity contribution is 0.515. The van der Waals surface area contributed by atoms with Crippen LogP contribution in [0.5, 0.6) is 0 Å². The quantitative estimate of drug-likeness (QED) is 0.713. The van der Waals surface area contributed by atoms with Crippen LogP contribution >= 0.6 is 0 Å². The van der Waals surface area contributed by atoms with Crippen molar-refractivity contribution >= 4 is 11.2 Å². The minimum absolute atomic E-state index is 0.103. The summed E-state index contributed by atoms with van der Waals surface area (Å²) in [6.07, 6.45) is 1.76. The smallest absolute Gasteiger partial charge is 0.160 e. The average molecular weight is 283 g/mol. The van der Waals surface area contributed by atoms with Crippen LogP contribution in [0.3, 0.4) is 0 Å². The zero-order chi connectivity index (χ0) is 15.0. The Morgan fingerprint density at radius 1 is 1.14 bits per heavy atom. The lowest BCUT2D eigenvalue weighted by Crippen LogP contribution is -2.19. The van der Waals surface area contributed by atoms with E-state index in [9.17, 15) is 4.39 Å². The van der Waals surface area contributed by atoms with Gasteiger partial charge in [-0.3, -0.25) is 0 Å². The molecule has 0 N–H and O–H groups in total. The van der Waals surface area contributed by atoms with Gasteiger partial charge in [-0.25, -0.2) is 14.4 Å². The fourth-order valence-electron chi connectivity index (χ4n) is 2.50. The molecule has 108 valence electrons. The zero-order valence-corrected chi connectivity index (χ0v) is 12.5. The van der Waals surface area contributed by atoms with E-state index in [1.165, 1.54) is 6.07 Å². The molecule has 0 amide bonds. The predicted octanol–water partition coefficient (Wildman–Crippen LogP) is 3.92. The third-order valence-corrected chi connectivity index (χ3v) is 3.40. The highest BCUT2D eigenvalue weighted by Crippen LogP contribution is 2.26. The van der Waals surface area contributed by atoms with Crippen LogP contribution in [0.1, 0.15) is 32.2 Å². The number of hydrogen-bond donors (Lipinski definition) is 0. The molecule has 0 atom stereocenters. The number of hydrogen-bond acceptors (Lipinski definition) is 2. The van der Waals surface area contributed by atoms with Crippen molar-refractivity contribution in [3.63, 3.8) is 0 Å². The summed E-state index contributed by atoms with van der Waals surface area (Å²) in [5, 5.41) is 0. The number of benzene rings is 1. The molecule has 0 spiro atoms. The second-order valence-corrected chi connectivity index (χ2v) is 6.25. The number of pyridine rings is 1. The maximum Gasteiger partial charge on any atom is 0.160 e. The van der Waals surface area contributed by atoms with E-state index in [1.54, 1.807) is 18.3 Å². The van der Waals surface area contributed by atoms with Gasteiger partial charge in [-0.1, -0.05) is 32.9 Å². The second-order valence-electron chi connectivity index (χ2n) is 6.25. The van der Waals surface area contributed by atoms with E-state index in [0.29, 0.717) is 6.54 Å². The lowest BCUT2D eigenvalue weighted by atomic mass is 9.95. The van der Waals surface area contributed by atoms with Gasteiger partial charge in [0.05, 0.1) is 6.54 Å². The maximum atomic E-state index is 13.4. The molecule has 0 saturated carbocycles. The van der Waals surface area contributed by atoms with Crippen LogP contribution in [0, 0.1) is 5.82 Å². The molecule has 2 aromatic heterocycles. The van der Waals surface area contributed by atoms with E-state index in [0.717, 1.165) is 22.6 Å². The molecule has 3 aromatic rings. The van der Waals surface area contributed by atoms with Crippen molar-refractivity contribution in [1.82, 2.24) is 14.5 Å². The van der Waals surface area contributed by atoms with Crippen molar-refractivity contribution in [3.05, 3.63) is 59.8 Å². The molecule has 21 heavy (non-hydrogen) atoms. The van der Waals surface area contributed by atoms with Crippen LogP contribution in [0.25, 0.3) is 11.2 Å². The first kappa shape index (κ1) is 13.7. The standard InChI is InChI=1S/C17H18FN3/c1-17(2,3)16-20-14-8-5-9-19-15(14)21(16)11-12-6-4-7-13(18)10-12/h4-10H,11H2,1-3H3. The fourth-order valence-corrected chi connectivity index (χ4v) is 2.50. The number of fused-ring (bicyclic) bond motifs is 1. The van der Waals surface area contributed by atoms with Crippen LogP contribution in [-0.2, 0) is 12.0 Å². The van der Waals surface area contributed by atoms with E-state index in [2.05, 4.69) is 30.3 Å². The molecule has 1 aromatic carbocycles. The van der Waals surface area contributed by atoms with Crippen molar-refractivity contribution in [1.29, 1.82) is 0 Å². The third-order valence-electron chi connectivity index (χ3n) is 3.40. The number of imidazole rings is 1. The Morgan fingerprint density at radius 3 is 2.67 bits per heavy atom.